The minimum Gasteiger partial charge on any atom is -0.393 e. The molecule has 1 N–H and O–H groups in total. The number of hydrogen-bond donors (Lipinski definition) is 1. The average Bonchev–Trinajstić information content (AvgIpc) is 3.01. The molecule has 3 rings (SSSR count). The number of imidazole rings is 1. The molecule has 3 heterocycles. The lowest BCUT2D eigenvalue weighted by Crippen LogP contribution is -2.29. The first-order chi connectivity index (χ1) is 8.24. The molecule has 4 atom stereocenters. The number of hydrogen-bond acceptors (Lipinski definition) is 3. The lowest BCUT2D eigenvalue weighted by molar-refractivity contribution is 0.0388. The third-order valence-corrected chi connectivity index (χ3v) is 4.23. The Hall–Kier alpha value is -0.870. The highest BCUT2D eigenvalue weighted by Gasteiger charge is 2.43. The molecule has 0 saturated carbocycles. The van der Waals surface area contributed by atoms with E-state index in [9.17, 15) is 5.11 Å². The highest BCUT2D eigenvalue weighted by Crippen LogP contribution is 2.41. The summed E-state index contributed by atoms with van der Waals surface area (Å²) in [5, 5.41) is 10.2. The number of aliphatic hydroxyl groups is 1. The molecule has 4 nitrogen and oxygen atoms in total. The Morgan fingerprint density at radius 3 is 3.06 bits per heavy atom. The summed E-state index contributed by atoms with van der Waals surface area (Å²) < 4.78 is 7.80. The zero-order valence-electron chi connectivity index (χ0n) is 10.2. The van der Waals surface area contributed by atoms with Gasteiger partial charge in [0.1, 0.15) is 5.82 Å². The van der Waals surface area contributed by atoms with Crippen LogP contribution in [0.1, 0.15) is 31.5 Å². The topological polar surface area (TPSA) is 47.3 Å². The Kier molecular flexibility index (Phi) is 2.92. The van der Waals surface area contributed by atoms with Crippen molar-refractivity contribution < 1.29 is 9.84 Å². The van der Waals surface area contributed by atoms with Gasteiger partial charge in [0.05, 0.1) is 18.3 Å². The molecular formula is C13H20N2O2. The highest BCUT2D eigenvalue weighted by molar-refractivity contribution is 4.95. The minimum absolute atomic E-state index is 0.234. The Morgan fingerprint density at radius 2 is 2.47 bits per heavy atom. The van der Waals surface area contributed by atoms with Crippen molar-refractivity contribution in [1.82, 2.24) is 9.55 Å². The molecule has 4 unspecified atom stereocenters. The molecule has 0 aliphatic carbocycles. The maximum absolute atomic E-state index is 10.2. The van der Waals surface area contributed by atoms with Crippen LogP contribution in [0.4, 0.5) is 0 Å². The molecule has 2 aliphatic rings. The Balaban J connectivity index is 1.54. The lowest BCUT2D eigenvalue weighted by Gasteiger charge is -2.24. The van der Waals surface area contributed by atoms with Gasteiger partial charge in [-0.1, -0.05) is 0 Å². The number of aromatic nitrogens is 2. The maximum atomic E-state index is 10.2. The normalized spacial score (nSPS) is 33.2. The van der Waals surface area contributed by atoms with Gasteiger partial charge in [-0.3, -0.25) is 0 Å². The summed E-state index contributed by atoms with van der Waals surface area (Å²) in [6.07, 6.45) is 9.27. The fourth-order valence-electron chi connectivity index (χ4n) is 3.21. The average molecular weight is 236 g/mol. The largest absolute Gasteiger partial charge is 0.393 e. The summed E-state index contributed by atoms with van der Waals surface area (Å²) in [5.74, 6) is 1.40. The van der Waals surface area contributed by atoms with E-state index in [1.807, 2.05) is 24.0 Å². The molecule has 94 valence electrons. The van der Waals surface area contributed by atoms with Crippen molar-refractivity contribution in [1.29, 1.82) is 0 Å². The number of nitrogens with zero attached hydrogens (tertiary/aromatic N) is 2. The van der Waals surface area contributed by atoms with Crippen LogP contribution in [-0.4, -0.2) is 33.0 Å². The fraction of sp³-hybridized carbons (Fsp3) is 0.769. The molecule has 0 aromatic carbocycles. The second-order valence-electron chi connectivity index (χ2n) is 5.33. The number of aryl methyl sites for hydroxylation is 2. The summed E-state index contributed by atoms with van der Waals surface area (Å²) in [6.45, 7) is 0. The highest BCUT2D eigenvalue weighted by atomic mass is 16.5. The predicted molar refractivity (Wildman–Crippen MR) is 63.5 cm³/mol. The molecule has 0 radical (unpaired) electrons. The first kappa shape index (κ1) is 11.2. The molecular weight excluding hydrogens is 216 g/mol. The standard InChI is InChI=1S/C13H20N2O2/c1-15-7-6-14-13(15)5-3-11(16)10-8-9-2-4-12(10)17-9/h6-7,9-12,16H,2-5,8H2,1H3. The van der Waals surface area contributed by atoms with Crippen molar-refractivity contribution in [3.05, 3.63) is 18.2 Å². The van der Waals surface area contributed by atoms with E-state index in [4.69, 9.17) is 4.74 Å². The number of rotatable bonds is 4. The van der Waals surface area contributed by atoms with E-state index in [0.717, 1.165) is 31.5 Å². The molecule has 2 aliphatic heterocycles. The van der Waals surface area contributed by atoms with E-state index < -0.39 is 0 Å². The minimum atomic E-state index is -0.234. The first-order valence-electron chi connectivity index (χ1n) is 6.54. The van der Waals surface area contributed by atoms with Gasteiger partial charge in [-0.05, 0) is 25.7 Å². The maximum Gasteiger partial charge on any atom is 0.108 e. The molecule has 0 spiro atoms. The van der Waals surface area contributed by atoms with Gasteiger partial charge in [-0.25, -0.2) is 4.98 Å². The zero-order valence-corrected chi connectivity index (χ0v) is 10.2. The van der Waals surface area contributed by atoms with E-state index in [2.05, 4.69) is 4.98 Å². The van der Waals surface area contributed by atoms with Crippen LogP contribution >= 0.6 is 0 Å². The summed E-state index contributed by atoms with van der Waals surface area (Å²) in [7, 11) is 2.00. The van der Waals surface area contributed by atoms with Gasteiger partial charge in [0, 0.05) is 31.8 Å². The predicted octanol–water partition coefficient (Wildman–Crippen LogP) is 1.28. The van der Waals surface area contributed by atoms with Crippen LogP contribution in [0.3, 0.4) is 0 Å². The Bertz CT molecular complexity index is 391. The van der Waals surface area contributed by atoms with Gasteiger partial charge in [0.25, 0.3) is 0 Å². The molecule has 1 aromatic rings. The second kappa shape index (κ2) is 4.42. The van der Waals surface area contributed by atoms with Crippen molar-refractivity contribution in [3.8, 4) is 0 Å². The monoisotopic (exact) mass is 236 g/mol. The molecule has 2 bridgehead atoms. The zero-order chi connectivity index (χ0) is 11.8. The van der Waals surface area contributed by atoms with Crippen LogP contribution in [0, 0.1) is 5.92 Å². The quantitative estimate of drug-likeness (QED) is 0.856. The van der Waals surface area contributed by atoms with E-state index in [0.29, 0.717) is 18.1 Å². The third-order valence-electron chi connectivity index (χ3n) is 4.23. The van der Waals surface area contributed by atoms with E-state index in [1.54, 1.807) is 0 Å². The van der Waals surface area contributed by atoms with Crippen LogP contribution in [0.25, 0.3) is 0 Å². The molecule has 17 heavy (non-hydrogen) atoms. The third kappa shape index (κ3) is 2.11. The summed E-state index contributed by atoms with van der Waals surface area (Å²) >= 11 is 0. The Labute approximate surface area is 102 Å². The van der Waals surface area contributed by atoms with E-state index in [-0.39, 0.29) is 6.10 Å². The number of aliphatic hydroxyl groups excluding tert-OH is 1. The van der Waals surface area contributed by atoms with Crippen molar-refractivity contribution in [2.24, 2.45) is 13.0 Å². The second-order valence-corrected chi connectivity index (χ2v) is 5.33. The van der Waals surface area contributed by atoms with Crippen molar-refractivity contribution in [3.63, 3.8) is 0 Å². The Morgan fingerprint density at radius 1 is 1.59 bits per heavy atom. The smallest absolute Gasteiger partial charge is 0.108 e. The van der Waals surface area contributed by atoms with Gasteiger partial charge >= 0.3 is 0 Å². The SMILES string of the molecule is Cn1ccnc1CCC(O)C1CC2CCC1O2. The van der Waals surface area contributed by atoms with Gasteiger partial charge in [0.15, 0.2) is 0 Å². The van der Waals surface area contributed by atoms with Gasteiger partial charge in [-0.15, -0.1) is 0 Å². The van der Waals surface area contributed by atoms with Crippen LogP contribution in [0.15, 0.2) is 12.4 Å². The molecule has 1 aromatic heterocycles. The van der Waals surface area contributed by atoms with Crippen LogP contribution in [-0.2, 0) is 18.2 Å². The van der Waals surface area contributed by atoms with Crippen LogP contribution < -0.4 is 0 Å². The fourth-order valence-corrected chi connectivity index (χ4v) is 3.21. The summed E-state index contributed by atoms with van der Waals surface area (Å²) in [5.41, 5.74) is 0. The summed E-state index contributed by atoms with van der Waals surface area (Å²) in [4.78, 5) is 4.28. The molecule has 2 fully saturated rings. The number of fused-ring (bicyclic) bond motifs is 2. The van der Waals surface area contributed by atoms with E-state index >= 15 is 0 Å². The lowest BCUT2D eigenvalue weighted by atomic mass is 9.83. The van der Waals surface area contributed by atoms with Gasteiger partial charge < -0.3 is 14.4 Å². The van der Waals surface area contributed by atoms with Crippen molar-refractivity contribution in [2.75, 3.05) is 0 Å². The molecule has 4 heteroatoms. The van der Waals surface area contributed by atoms with Crippen LogP contribution in [0.5, 0.6) is 0 Å². The van der Waals surface area contributed by atoms with Gasteiger partial charge in [0.2, 0.25) is 0 Å². The van der Waals surface area contributed by atoms with Crippen molar-refractivity contribution in [2.45, 2.75) is 50.4 Å². The van der Waals surface area contributed by atoms with E-state index in [1.165, 1.54) is 6.42 Å². The molecule has 0 amide bonds. The van der Waals surface area contributed by atoms with Crippen LogP contribution in [0.2, 0.25) is 0 Å². The van der Waals surface area contributed by atoms with Crippen molar-refractivity contribution >= 4 is 0 Å². The van der Waals surface area contributed by atoms with Gasteiger partial charge in [-0.2, -0.15) is 0 Å². The first-order valence-corrected chi connectivity index (χ1v) is 6.54. The number of ether oxygens (including phenoxy) is 1. The summed E-state index contributed by atoms with van der Waals surface area (Å²) in [6, 6.07) is 0. The molecule has 2 saturated heterocycles.